The van der Waals surface area contributed by atoms with Crippen molar-refractivity contribution in [2.24, 2.45) is 16.6 Å². The van der Waals surface area contributed by atoms with Gasteiger partial charge in [0.1, 0.15) is 0 Å². The van der Waals surface area contributed by atoms with Gasteiger partial charge in [0.2, 0.25) is 0 Å². The number of aliphatic imine (C=N–C) groups is 1. The van der Waals surface area contributed by atoms with Crippen molar-refractivity contribution < 1.29 is 4.74 Å². The summed E-state index contributed by atoms with van der Waals surface area (Å²) in [6, 6.07) is 0.565. The Morgan fingerprint density at radius 3 is 3.00 bits per heavy atom. The van der Waals surface area contributed by atoms with E-state index in [1.807, 2.05) is 0 Å². The summed E-state index contributed by atoms with van der Waals surface area (Å²) >= 11 is 0. The molecule has 1 fully saturated rings. The zero-order valence-corrected chi connectivity index (χ0v) is 12.0. The maximum absolute atomic E-state index is 5.80. The molecule has 1 atom stereocenters. The Hall–Kier alpha value is -0.810. The number of nitrogens with zero attached hydrogens (tertiary/aromatic N) is 2. The summed E-state index contributed by atoms with van der Waals surface area (Å²) in [5.74, 6) is 1.25. The first-order valence-electron chi connectivity index (χ1n) is 6.90. The summed E-state index contributed by atoms with van der Waals surface area (Å²) in [6.45, 7) is 9.06. The quantitative estimate of drug-likeness (QED) is 0.399. The molecular formula is C13H28N4O. The Morgan fingerprint density at radius 2 is 2.33 bits per heavy atom. The highest BCUT2D eigenvalue weighted by Crippen LogP contribution is 2.18. The third-order valence-corrected chi connectivity index (χ3v) is 3.18. The van der Waals surface area contributed by atoms with Gasteiger partial charge in [0.05, 0.1) is 13.2 Å². The van der Waals surface area contributed by atoms with E-state index < -0.39 is 0 Å². The minimum atomic E-state index is 0.531. The average Bonchev–Trinajstić information content (AvgIpc) is 2.73. The molecule has 0 unspecified atom stereocenters. The second-order valence-electron chi connectivity index (χ2n) is 5.33. The van der Waals surface area contributed by atoms with Crippen molar-refractivity contribution in [3.05, 3.63) is 0 Å². The molecule has 3 N–H and O–H groups in total. The topological polar surface area (TPSA) is 62.9 Å². The Labute approximate surface area is 111 Å². The molecule has 1 rings (SSSR count). The lowest BCUT2D eigenvalue weighted by molar-refractivity contribution is 0.203. The number of likely N-dealkylation sites (tertiary alicyclic amines) is 1. The van der Waals surface area contributed by atoms with E-state index in [-0.39, 0.29) is 0 Å². The van der Waals surface area contributed by atoms with Gasteiger partial charge < -0.3 is 15.8 Å². The maximum atomic E-state index is 5.80. The van der Waals surface area contributed by atoms with E-state index in [4.69, 9.17) is 10.5 Å². The van der Waals surface area contributed by atoms with Gasteiger partial charge in [0.25, 0.3) is 0 Å². The Kier molecular flexibility index (Phi) is 7.05. The molecule has 106 valence electrons. The molecule has 0 amide bonds. The molecule has 5 heteroatoms. The van der Waals surface area contributed by atoms with Gasteiger partial charge in [-0.3, -0.25) is 9.89 Å². The highest BCUT2D eigenvalue weighted by atomic mass is 16.5. The molecule has 1 heterocycles. The van der Waals surface area contributed by atoms with E-state index in [1.54, 1.807) is 7.11 Å². The van der Waals surface area contributed by atoms with Crippen LogP contribution in [0.5, 0.6) is 0 Å². The number of nitrogens with two attached hydrogens (primary N) is 1. The van der Waals surface area contributed by atoms with E-state index in [0.717, 1.165) is 13.1 Å². The van der Waals surface area contributed by atoms with Gasteiger partial charge in [-0.1, -0.05) is 13.8 Å². The number of ether oxygens (including phenoxy) is 1. The number of guanidine groups is 1. The van der Waals surface area contributed by atoms with Crippen LogP contribution in [0.15, 0.2) is 4.99 Å². The molecule has 0 aromatic rings. The number of hydrogen-bond donors (Lipinski definition) is 2. The molecule has 0 aromatic heterocycles. The lowest BCUT2D eigenvalue weighted by Crippen LogP contribution is -2.38. The average molecular weight is 256 g/mol. The minimum Gasteiger partial charge on any atom is -0.383 e. The van der Waals surface area contributed by atoms with Crippen molar-refractivity contribution in [3.8, 4) is 0 Å². The largest absolute Gasteiger partial charge is 0.383 e. The van der Waals surface area contributed by atoms with Crippen molar-refractivity contribution in [1.29, 1.82) is 0 Å². The van der Waals surface area contributed by atoms with Crippen molar-refractivity contribution in [2.75, 3.05) is 39.9 Å². The number of hydrogen-bond acceptors (Lipinski definition) is 3. The summed E-state index contributed by atoms with van der Waals surface area (Å²) < 4.78 is 4.95. The summed E-state index contributed by atoms with van der Waals surface area (Å²) in [7, 11) is 1.68. The van der Waals surface area contributed by atoms with Crippen LogP contribution < -0.4 is 11.1 Å². The van der Waals surface area contributed by atoms with Crippen LogP contribution in [0, 0.1) is 5.92 Å². The molecular weight excluding hydrogens is 228 g/mol. The Bertz CT molecular complexity index is 255. The van der Waals surface area contributed by atoms with Gasteiger partial charge in [-0.05, 0) is 25.3 Å². The molecule has 1 aliphatic rings. The van der Waals surface area contributed by atoms with Gasteiger partial charge in [-0.2, -0.15) is 0 Å². The van der Waals surface area contributed by atoms with E-state index in [2.05, 4.69) is 29.1 Å². The monoisotopic (exact) mass is 256 g/mol. The van der Waals surface area contributed by atoms with Gasteiger partial charge in [-0.15, -0.1) is 0 Å². The molecule has 1 aliphatic heterocycles. The smallest absolute Gasteiger partial charge is 0.188 e. The fourth-order valence-electron chi connectivity index (χ4n) is 2.35. The minimum absolute atomic E-state index is 0.531. The second-order valence-corrected chi connectivity index (χ2v) is 5.33. The van der Waals surface area contributed by atoms with Gasteiger partial charge in [0.15, 0.2) is 5.96 Å². The molecule has 0 radical (unpaired) electrons. The van der Waals surface area contributed by atoms with E-state index in [9.17, 15) is 0 Å². The van der Waals surface area contributed by atoms with E-state index in [0.29, 0.717) is 31.1 Å². The van der Waals surface area contributed by atoms with Crippen molar-refractivity contribution in [3.63, 3.8) is 0 Å². The van der Waals surface area contributed by atoms with Gasteiger partial charge in [0, 0.05) is 26.2 Å². The molecule has 1 saturated heterocycles. The number of nitrogens with one attached hydrogen (secondary N) is 1. The predicted octanol–water partition coefficient (Wildman–Crippen LogP) is 0.658. The van der Waals surface area contributed by atoms with Crippen LogP contribution in [0.2, 0.25) is 0 Å². The first-order chi connectivity index (χ1) is 8.63. The summed E-state index contributed by atoms with van der Waals surface area (Å²) in [5.41, 5.74) is 5.80. The summed E-state index contributed by atoms with van der Waals surface area (Å²) in [6.07, 6.45) is 2.52. The van der Waals surface area contributed by atoms with Crippen molar-refractivity contribution >= 4 is 5.96 Å². The predicted molar refractivity (Wildman–Crippen MR) is 75.8 cm³/mol. The molecule has 18 heavy (non-hydrogen) atoms. The lowest BCUT2D eigenvalue weighted by atomic mass is 10.2. The molecule has 0 aromatic carbocycles. The standard InChI is InChI=1S/C13H28N4O/c1-11(2)10-17-7-4-5-12(17)9-16-13(14)15-6-8-18-3/h11-12H,4-10H2,1-3H3,(H3,14,15,16)/t12-/m1/s1. The van der Waals surface area contributed by atoms with Crippen LogP contribution in [0.4, 0.5) is 0 Å². The third kappa shape index (κ3) is 5.69. The van der Waals surface area contributed by atoms with Crippen LogP contribution in [-0.4, -0.2) is 56.8 Å². The fraction of sp³-hybridized carbons (Fsp3) is 0.923. The Balaban J connectivity index is 2.29. The molecule has 0 spiro atoms. The van der Waals surface area contributed by atoms with E-state index >= 15 is 0 Å². The molecule has 0 bridgehead atoms. The van der Waals surface area contributed by atoms with Crippen LogP contribution in [0.3, 0.4) is 0 Å². The molecule has 5 nitrogen and oxygen atoms in total. The molecule has 0 aliphatic carbocycles. The summed E-state index contributed by atoms with van der Waals surface area (Å²) in [5, 5.41) is 3.05. The number of rotatable bonds is 7. The first kappa shape index (κ1) is 15.2. The van der Waals surface area contributed by atoms with E-state index in [1.165, 1.54) is 19.4 Å². The van der Waals surface area contributed by atoms with Gasteiger partial charge >= 0.3 is 0 Å². The van der Waals surface area contributed by atoms with Crippen LogP contribution in [0.25, 0.3) is 0 Å². The zero-order chi connectivity index (χ0) is 13.4. The SMILES string of the molecule is COCCNC(N)=NC[C@H]1CCCN1CC(C)C. The number of methoxy groups -OCH3 is 1. The molecule has 0 saturated carbocycles. The normalized spacial score (nSPS) is 21.8. The van der Waals surface area contributed by atoms with Crippen LogP contribution in [0.1, 0.15) is 26.7 Å². The second kappa shape index (κ2) is 8.32. The Morgan fingerprint density at radius 1 is 1.56 bits per heavy atom. The lowest BCUT2D eigenvalue weighted by Gasteiger charge is -2.24. The van der Waals surface area contributed by atoms with Gasteiger partial charge in [-0.25, -0.2) is 0 Å². The van der Waals surface area contributed by atoms with Crippen molar-refractivity contribution in [1.82, 2.24) is 10.2 Å². The van der Waals surface area contributed by atoms with Crippen LogP contribution in [-0.2, 0) is 4.74 Å². The third-order valence-electron chi connectivity index (χ3n) is 3.18. The first-order valence-corrected chi connectivity index (χ1v) is 6.90. The van der Waals surface area contributed by atoms with Crippen molar-refractivity contribution in [2.45, 2.75) is 32.7 Å². The zero-order valence-electron chi connectivity index (χ0n) is 12.0. The van der Waals surface area contributed by atoms with Crippen LogP contribution >= 0.6 is 0 Å². The highest BCUT2D eigenvalue weighted by molar-refractivity contribution is 5.77. The maximum Gasteiger partial charge on any atom is 0.188 e. The highest BCUT2D eigenvalue weighted by Gasteiger charge is 2.24. The fourth-order valence-corrected chi connectivity index (χ4v) is 2.35. The summed E-state index contributed by atoms with van der Waals surface area (Å²) in [4.78, 5) is 6.96.